The zero-order valence-electron chi connectivity index (χ0n) is 15.7. The zero-order chi connectivity index (χ0) is 20.1. The van der Waals surface area contributed by atoms with Crippen molar-refractivity contribution in [3.05, 3.63) is 54.1 Å². The molecule has 28 heavy (non-hydrogen) atoms. The summed E-state index contributed by atoms with van der Waals surface area (Å²) in [5, 5.41) is 11.0. The number of carbonyl (C=O) groups is 1. The monoisotopic (exact) mass is 380 g/mol. The van der Waals surface area contributed by atoms with Crippen molar-refractivity contribution in [1.82, 2.24) is 9.97 Å². The number of fused-ring (bicyclic) bond motifs is 1. The maximum absolute atomic E-state index is 13.1. The molecular weight excluding hydrogens is 360 g/mol. The normalized spacial score (nSPS) is 19.6. The number of para-hydroxylation sites is 2. The first-order valence-electron chi connectivity index (χ1n) is 8.62. The van der Waals surface area contributed by atoms with E-state index in [1.54, 1.807) is 18.2 Å². The molecule has 1 aliphatic heterocycles. The molecule has 1 aromatic heterocycles. The van der Waals surface area contributed by atoms with E-state index in [1.165, 1.54) is 26.0 Å². The molecule has 0 spiro atoms. The van der Waals surface area contributed by atoms with Gasteiger partial charge in [0.15, 0.2) is 0 Å². The van der Waals surface area contributed by atoms with Crippen molar-refractivity contribution in [3.8, 4) is 11.5 Å². The molecule has 0 saturated carbocycles. The summed E-state index contributed by atoms with van der Waals surface area (Å²) >= 11 is 0. The number of anilines is 1. The number of rotatable bonds is 4. The largest absolute Gasteiger partial charge is 0.497 e. The van der Waals surface area contributed by atoms with Crippen LogP contribution in [0, 0.1) is 0 Å². The van der Waals surface area contributed by atoms with Gasteiger partial charge in [-0.05, 0) is 19.1 Å². The summed E-state index contributed by atoms with van der Waals surface area (Å²) in [6.45, 7) is 1.39. The Bertz CT molecular complexity index is 1060. The van der Waals surface area contributed by atoms with Crippen molar-refractivity contribution in [1.29, 1.82) is 0 Å². The van der Waals surface area contributed by atoms with Crippen LogP contribution < -0.4 is 20.1 Å². The molecule has 1 aliphatic rings. The van der Waals surface area contributed by atoms with Gasteiger partial charge in [0.2, 0.25) is 11.5 Å². The van der Waals surface area contributed by atoms with Gasteiger partial charge in [-0.3, -0.25) is 9.69 Å². The highest BCUT2D eigenvalue weighted by Crippen LogP contribution is 2.41. The number of hydrogen-bond donors (Lipinski definition) is 3. The summed E-state index contributed by atoms with van der Waals surface area (Å²) in [5.41, 5.74) is 6.50. The number of hydrogen-bond acceptors (Lipinski definition) is 7. The van der Waals surface area contributed by atoms with Crippen LogP contribution in [0.3, 0.4) is 0 Å². The molecule has 1 atom stereocenters. The van der Waals surface area contributed by atoms with Gasteiger partial charge >= 0.3 is 0 Å². The summed E-state index contributed by atoms with van der Waals surface area (Å²) in [5.74, 6) is 0.849. The van der Waals surface area contributed by atoms with E-state index in [2.05, 4.69) is 9.97 Å². The number of H-pyrrole nitrogens is 1. The molecule has 0 amide bonds. The molecule has 1 unspecified atom stereocenters. The molecule has 2 aromatic carbocycles. The molecule has 8 heteroatoms. The summed E-state index contributed by atoms with van der Waals surface area (Å²) in [6, 6.07) is 12.4. The molecule has 4 N–H and O–H groups in total. The quantitative estimate of drug-likeness (QED) is 0.634. The number of imidazole rings is 1. The number of aliphatic hydroxyl groups is 1. The average molecular weight is 380 g/mol. The van der Waals surface area contributed by atoms with E-state index >= 15 is 0 Å². The number of nitrogens with zero attached hydrogens (tertiary/aromatic N) is 2. The highest BCUT2D eigenvalue weighted by atomic mass is 16.5. The molecule has 4 rings (SSSR count). The molecule has 0 saturated heterocycles. The first kappa shape index (κ1) is 17.9. The number of ether oxygens (including phenoxy) is 2. The first-order chi connectivity index (χ1) is 13.4. The second-order valence-corrected chi connectivity index (χ2v) is 6.62. The topological polar surface area (TPSA) is 114 Å². The average Bonchev–Trinajstić information content (AvgIpc) is 3.17. The van der Waals surface area contributed by atoms with Crippen LogP contribution in [0.25, 0.3) is 16.6 Å². The first-order valence-corrected chi connectivity index (χ1v) is 8.62. The third-order valence-corrected chi connectivity index (χ3v) is 4.81. The third-order valence-electron chi connectivity index (χ3n) is 4.81. The summed E-state index contributed by atoms with van der Waals surface area (Å²) in [4.78, 5) is 22.0. The van der Waals surface area contributed by atoms with Gasteiger partial charge in [0.05, 0.1) is 30.9 Å². The molecule has 0 radical (unpaired) electrons. The molecule has 0 fully saturated rings. The fraction of sp³-hybridized carbons (Fsp3) is 0.200. The number of nitrogens with two attached hydrogens (primary N) is 1. The number of Topliss-reactive ketones (excluding diaryl/α,β-unsaturated/α-hetero) is 1. The van der Waals surface area contributed by atoms with Crippen LogP contribution in [-0.2, 0) is 4.79 Å². The number of aromatic amines is 1. The maximum atomic E-state index is 13.1. The van der Waals surface area contributed by atoms with Crippen LogP contribution in [-0.4, -0.2) is 40.8 Å². The van der Waals surface area contributed by atoms with Crippen molar-refractivity contribution < 1.29 is 19.4 Å². The van der Waals surface area contributed by atoms with Gasteiger partial charge in [-0.25, -0.2) is 4.98 Å². The van der Waals surface area contributed by atoms with Gasteiger partial charge in [-0.2, -0.15) is 0 Å². The SMILES string of the molecule is COc1cc(OC)cc(N2C(N)=C(c3nc4ccccc4[nH]3)C(=O)C2(C)O)c1. The summed E-state index contributed by atoms with van der Waals surface area (Å²) in [7, 11) is 3.04. The number of nitrogens with one attached hydrogen (secondary N) is 1. The Kier molecular flexibility index (Phi) is 4.01. The standard InChI is InChI=1S/C20H20N4O4/c1-20(26)17(25)16(19-22-14-6-4-5-7-15(14)23-19)18(21)24(20)11-8-12(27-2)10-13(9-11)28-3/h4-10,26H,21H2,1-3H3,(H,22,23). The molecule has 0 bridgehead atoms. The Hall–Kier alpha value is -3.52. The van der Waals surface area contributed by atoms with Crippen LogP contribution in [0.5, 0.6) is 11.5 Å². The second kappa shape index (κ2) is 6.28. The predicted octanol–water partition coefficient (Wildman–Crippen LogP) is 2.01. The Morgan fingerprint density at radius 1 is 1.14 bits per heavy atom. The van der Waals surface area contributed by atoms with E-state index in [9.17, 15) is 9.90 Å². The fourth-order valence-corrected chi connectivity index (χ4v) is 3.41. The molecule has 8 nitrogen and oxygen atoms in total. The third kappa shape index (κ3) is 2.57. The highest BCUT2D eigenvalue weighted by molar-refractivity contribution is 6.29. The second-order valence-electron chi connectivity index (χ2n) is 6.62. The summed E-state index contributed by atoms with van der Waals surface area (Å²) in [6.07, 6.45) is 0. The lowest BCUT2D eigenvalue weighted by molar-refractivity contribution is -0.127. The van der Waals surface area contributed by atoms with Gasteiger partial charge in [0.1, 0.15) is 28.7 Å². The Balaban J connectivity index is 1.89. The lowest BCUT2D eigenvalue weighted by atomic mass is 10.1. The molecular formula is C20H20N4O4. The predicted molar refractivity (Wildman–Crippen MR) is 105 cm³/mol. The van der Waals surface area contributed by atoms with E-state index in [-0.39, 0.29) is 11.4 Å². The highest BCUT2D eigenvalue weighted by Gasteiger charge is 2.49. The van der Waals surface area contributed by atoms with Crippen LogP contribution in [0.4, 0.5) is 5.69 Å². The van der Waals surface area contributed by atoms with E-state index in [0.29, 0.717) is 28.5 Å². The minimum Gasteiger partial charge on any atom is -0.497 e. The van der Waals surface area contributed by atoms with Crippen molar-refractivity contribution >= 4 is 28.1 Å². The lowest BCUT2D eigenvalue weighted by Crippen LogP contribution is -2.48. The summed E-state index contributed by atoms with van der Waals surface area (Å²) < 4.78 is 10.6. The van der Waals surface area contributed by atoms with Crippen molar-refractivity contribution in [3.63, 3.8) is 0 Å². The van der Waals surface area contributed by atoms with Crippen LogP contribution in [0.1, 0.15) is 12.7 Å². The Labute approximate surface area is 161 Å². The Morgan fingerprint density at radius 3 is 2.39 bits per heavy atom. The minimum atomic E-state index is -1.89. The van der Waals surface area contributed by atoms with Gasteiger partial charge < -0.3 is 25.3 Å². The zero-order valence-corrected chi connectivity index (χ0v) is 15.7. The van der Waals surface area contributed by atoms with Gasteiger partial charge in [-0.15, -0.1) is 0 Å². The van der Waals surface area contributed by atoms with Crippen LogP contribution in [0.15, 0.2) is 48.3 Å². The van der Waals surface area contributed by atoms with E-state index < -0.39 is 11.5 Å². The van der Waals surface area contributed by atoms with Crippen LogP contribution >= 0.6 is 0 Å². The molecule has 0 aliphatic carbocycles. The number of carbonyl (C=O) groups excluding carboxylic acids is 1. The number of ketones is 1. The van der Waals surface area contributed by atoms with Crippen molar-refractivity contribution in [2.24, 2.45) is 5.73 Å². The maximum Gasteiger partial charge on any atom is 0.222 e. The smallest absolute Gasteiger partial charge is 0.222 e. The molecule has 3 aromatic rings. The number of aromatic nitrogens is 2. The minimum absolute atomic E-state index is 0.0874. The number of benzene rings is 2. The van der Waals surface area contributed by atoms with E-state index in [4.69, 9.17) is 15.2 Å². The van der Waals surface area contributed by atoms with Crippen LogP contribution in [0.2, 0.25) is 0 Å². The molecule has 2 heterocycles. The Morgan fingerprint density at radius 2 is 1.79 bits per heavy atom. The number of methoxy groups -OCH3 is 2. The fourth-order valence-electron chi connectivity index (χ4n) is 3.41. The van der Waals surface area contributed by atoms with Gasteiger partial charge in [0.25, 0.3) is 0 Å². The van der Waals surface area contributed by atoms with Gasteiger partial charge in [0, 0.05) is 18.2 Å². The van der Waals surface area contributed by atoms with Crippen molar-refractivity contribution in [2.75, 3.05) is 19.1 Å². The van der Waals surface area contributed by atoms with Crippen molar-refractivity contribution in [2.45, 2.75) is 12.6 Å². The van der Waals surface area contributed by atoms with E-state index in [1.807, 2.05) is 24.3 Å². The van der Waals surface area contributed by atoms with Gasteiger partial charge in [-0.1, -0.05) is 12.1 Å². The molecule has 144 valence electrons. The lowest BCUT2D eigenvalue weighted by Gasteiger charge is -2.31. The van der Waals surface area contributed by atoms with E-state index in [0.717, 1.165) is 5.52 Å².